The van der Waals surface area contributed by atoms with E-state index < -0.39 is 5.91 Å². The molecule has 0 saturated heterocycles. The topological polar surface area (TPSA) is 43.1 Å². The van der Waals surface area contributed by atoms with Crippen LogP contribution < -0.4 is 5.73 Å². The molecule has 76 valence electrons. The first-order valence-electron chi connectivity index (χ1n) is 4.26. The number of primary amides is 1. The van der Waals surface area contributed by atoms with Crippen LogP contribution in [0, 0.1) is 11.8 Å². The Morgan fingerprint density at radius 3 is 2.57 bits per heavy atom. The fourth-order valence-corrected chi connectivity index (χ4v) is 1.85. The summed E-state index contributed by atoms with van der Waals surface area (Å²) >= 11 is 6.64. The molecule has 0 aliphatic heterocycles. The third kappa shape index (κ3) is 4.77. The number of rotatable bonds is 4. The number of hydrogen-bond donors (Lipinski definition) is 1. The lowest BCUT2D eigenvalue weighted by Gasteiger charge is -1.85. The Kier molecular flexibility index (Phi) is 4.62. The number of carbonyl (C=O) groups is 1. The van der Waals surface area contributed by atoms with E-state index in [1.807, 2.05) is 6.08 Å². The molecule has 1 aliphatic rings. The summed E-state index contributed by atoms with van der Waals surface area (Å²) in [5.41, 5.74) is 4.94. The van der Waals surface area contributed by atoms with Crippen molar-refractivity contribution in [1.82, 2.24) is 0 Å². The quantitative estimate of drug-likeness (QED) is 0.628. The summed E-state index contributed by atoms with van der Waals surface area (Å²) in [6.07, 6.45) is 10.3. The zero-order valence-corrected chi connectivity index (χ0v) is 10.7. The van der Waals surface area contributed by atoms with Crippen molar-refractivity contribution in [1.29, 1.82) is 0 Å². The van der Waals surface area contributed by atoms with Crippen molar-refractivity contribution in [3.8, 4) is 0 Å². The first-order chi connectivity index (χ1) is 6.59. The van der Waals surface area contributed by atoms with Crippen LogP contribution in [0.2, 0.25) is 0 Å². The average molecular weight is 321 g/mol. The van der Waals surface area contributed by atoms with Crippen LogP contribution in [0.25, 0.3) is 0 Å². The van der Waals surface area contributed by atoms with E-state index in [0.29, 0.717) is 11.8 Å². The van der Waals surface area contributed by atoms with Gasteiger partial charge in [0.25, 0.3) is 0 Å². The Morgan fingerprint density at radius 2 is 2.00 bits per heavy atom. The molecule has 4 heteroatoms. The molecule has 2 nitrogen and oxygen atoms in total. The van der Waals surface area contributed by atoms with Crippen molar-refractivity contribution >= 4 is 37.8 Å². The fraction of sp³-hybridized carbons (Fsp3) is 0.300. The van der Waals surface area contributed by atoms with Crippen molar-refractivity contribution in [2.45, 2.75) is 6.42 Å². The van der Waals surface area contributed by atoms with E-state index in [-0.39, 0.29) is 0 Å². The van der Waals surface area contributed by atoms with Gasteiger partial charge < -0.3 is 5.73 Å². The molecule has 2 atom stereocenters. The maximum Gasteiger partial charge on any atom is 0.241 e. The van der Waals surface area contributed by atoms with Gasteiger partial charge in [-0.3, -0.25) is 4.79 Å². The predicted octanol–water partition coefficient (Wildman–Crippen LogP) is 2.85. The highest BCUT2D eigenvalue weighted by Crippen LogP contribution is 2.42. The highest BCUT2D eigenvalue weighted by molar-refractivity contribution is 9.28. The molecule has 14 heavy (non-hydrogen) atoms. The first-order valence-corrected chi connectivity index (χ1v) is 5.85. The Balaban J connectivity index is 2.29. The van der Waals surface area contributed by atoms with Crippen LogP contribution in [-0.4, -0.2) is 5.91 Å². The molecule has 1 fully saturated rings. The monoisotopic (exact) mass is 319 g/mol. The number of carbonyl (C=O) groups excluding carboxylic acids is 1. The highest BCUT2D eigenvalue weighted by Gasteiger charge is 2.32. The largest absolute Gasteiger partial charge is 0.366 e. The van der Waals surface area contributed by atoms with Crippen LogP contribution in [0.15, 0.2) is 33.8 Å². The van der Waals surface area contributed by atoms with Gasteiger partial charge in [-0.25, -0.2) is 0 Å². The van der Waals surface area contributed by atoms with Crippen molar-refractivity contribution in [2.24, 2.45) is 17.6 Å². The van der Waals surface area contributed by atoms with Gasteiger partial charge in [-0.15, -0.1) is 0 Å². The smallest absolute Gasteiger partial charge is 0.241 e. The molecule has 0 bridgehead atoms. The molecular weight excluding hydrogens is 310 g/mol. The van der Waals surface area contributed by atoms with E-state index in [4.69, 9.17) is 5.73 Å². The maximum absolute atomic E-state index is 10.3. The van der Waals surface area contributed by atoms with Crippen molar-refractivity contribution in [3.05, 3.63) is 33.8 Å². The van der Waals surface area contributed by atoms with Gasteiger partial charge in [-0.1, -0.05) is 24.3 Å². The number of nitrogens with two attached hydrogens (primary N) is 1. The molecular formula is C10H11Br2NO. The summed E-state index contributed by atoms with van der Waals surface area (Å²) in [5, 5.41) is 0. The van der Waals surface area contributed by atoms with E-state index in [0.717, 1.165) is 3.39 Å². The molecule has 0 spiro atoms. The second kappa shape index (κ2) is 5.51. The summed E-state index contributed by atoms with van der Waals surface area (Å²) in [6, 6.07) is 0. The Hall–Kier alpha value is -0.350. The summed E-state index contributed by atoms with van der Waals surface area (Å²) in [4.78, 5) is 10.3. The van der Waals surface area contributed by atoms with E-state index >= 15 is 0 Å². The zero-order valence-electron chi connectivity index (χ0n) is 7.49. The van der Waals surface area contributed by atoms with Gasteiger partial charge in [0.15, 0.2) is 0 Å². The summed E-state index contributed by atoms with van der Waals surface area (Å²) in [5.74, 6) is 0.796. The van der Waals surface area contributed by atoms with Crippen LogP contribution >= 0.6 is 31.9 Å². The minimum atomic E-state index is -0.412. The third-order valence-corrected chi connectivity index (χ3v) is 2.49. The van der Waals surface area contributed by atoms with Crippen LogP contribution in [0.3, 0.4) is 0 Å². The second-order valence-electron chi connectivity index (χ2n) is 3.17. The Bertz CT molecular complexity index is 303. The van der Waals surface area contributed by atoms with E-state index in [1.54, 1.807) is 6.08 Å². The lowest BCUT2D eigenvalue weighted by atomic mass is 10.3. The van der Waals surface area contributed by atoms with E-state index in [9.17, 15) is 4.79 Å². The number of halogens is 2. The van der Waals surface area contributed by atoms with Crippen LogP contribution in [0.4, 0.5) is 0 Å². The molecule has 0 aromatic carbocycles. The van der Waals surface area contributed by atoms with Gasteiger partial charge in [0, 0.05) is 6.08 Å². The van der Waals surface area contributed by atoms with Gasteiger partial charge in [-0.2, -0.15) is 0 Å². The zero-order chi connectivity index (χ0) is 10.6. The van der Waals surface area contributed by atoms with Crippen LogP contribution in [0.1, 0.15) is 6.42 Å². The van der Waals surface area contributed by atoms with Crippen molar-refractivity contribution in [3.63, 3.8) is 0 Å². The summed E-state index contributed by atoms with van der Waals surface area (Å²) in [7, 11) is 0. The van der Waals surface area contributed by atoms with Crippen molar-refractivity contribution in [2.75, 3.05) is 0 Å². The van der Waals surface area contributed by atoms with Gasteiger partial charge in [0.05, 0.1) is 3.39 Å². The maximum atomic E-state index is 10.3. The molecule has 0 radical (unpaired) electrons. The van der Waals surface area contributed by atoms with Gasteiger partial charge in [0.1, 0.15) is 0 Å². The summed E-state index contributed by atoms with van der Waals surface area (Å²) < 4.78 is 0.999. The second-order valence-corrected chi connectivity index (χ2v) is 5.94. The lowest BCUT2D eigenvalue weighted by Crippen LogP contribution is -2.04. The molecule has 1 aliphatic carbocycles. The number of allylic oxidation sites excluding steroid dienone is 4. The summed E-state index contributed by atoms with van der Waals surface area (Å²) in [6.45, 7) is 0. The Morgan fingerprint density at radius 1 is 1.29 bits per heavy atom. The normalized spacial score (nSPS) is 25.6. The SMILES string of the molecule is NC(=O)C=CC=CC1C[C@@H]1C=C(Br)Br. The third-order valence-electron chi connectivity index (χ3n) is 1.96. The highest BCUT2D eigenvalue weighted by atomic mass is 79.9. The molecule has 1 rings (SSSR count). The standard InChI is InChI=1S/C10H11Br2NO/c11-9(12)6-8-5-7(8)3-1-2-4-10(13)14/h1-4,6-8H,5H2,(H2,13,14)/t7?,8-/m1/s1. The molecule has 0 aromatic rings. The molecule has 2 N–H and O–H groups in total. The minimum absolute atomic E-state index is 0.412. The average Bonchev–Trinajstić information content (AvgIpc) is 2.76. The minimum Gasteiger partial charge on any atom is -0.366 e. The van der Waals surface area contributed by atoms with Gasteiger partial charge in [0.2, 0.25) is 5.91 Å². The van der Waals surface area contributed by atoms with E-state index in [2.05, 4.69) is 44.0 Å². The Labute approximate surface area is 100 Å². The van der Waals surface area contributed by atoms with Gasteiger partial charge >= 0.3 is 0 Å². The van der Waals surface area contributed by atoms with Crippen LogP contribution in [0.5, 0.6) is 0 Å². The number of hydrogen-bond acceptors (Lipinski definition) is 1. The first kappa shape index (κ1) is 11.7. The van der Waals surface area contributed by atoms with Gasteiger partial charge in [-0.05, 0) is 50.1 Å². The van der Waals surface area contributed by atoms with Crippen LogP contribution in [-0.2, 0) is 4.79 Å². The molecule has 1 amide bonds. The van der Waals surface area contributed by atoms with Crippen molar-refractivity contribution < 1.29 is 4.79 Å². The molecule has 0 heterocycles. The molecule has 1 unspecified atom stereocenters. The molecule has 0 aromatic heterocycles. The molecule has 1 saturated carbocycles. The lowest BCUT2D eigenvalue weighted by molar-refractivity contribution is -0.113. The van der Waals surface area contributed by atoms with E-state index in [1.165, 1.54) is 12.5 Å². The number of amides is 1. The fourth-order valence-electron chi connectivity index (χ4n) is 1.17. The predicted molar refractivity (Wildman–Crippen MR) is 65.0 cm³/mol.